The van der Waals surface area contributed by atoms with E-state index in [1.807, 2.05) is 0 Å². The van der Waals surface area contributed by atoms with E-state index in [1.54, 1.807) is 26.1 Å². The number of amides is 1. The number of rotatable bonds is 4. The molecule has 0 saturated heterocycles. The van der Waals surface area contributed by atoms with Crippen LogP contribution >= 0.6 is 11.6 Å². The monoisotopic (exact) mass is 308 g/mol. The van der Waals surface area contributed by atoms with Gasteiger partial charge in [-0.3, -0.25) is 4.79 Å². The van der Waals surface area contributed by atoms with E-state index in [4.69, 9.17) is 21.1 Å². The second-order valence-corrected chi connectivity index (χ2v) is 4.85. The van der Waals surface area contributed by atoms with Crippen LogP contribution in [-0.4, -0.2) is 33.9 Å². The van der Waals surface area contributed by atoms with Gasteiger partial charge in [0.25, 0.3) is 5.91 Å². The van der Waals surface area contributed by atoms with Crippen molar-refractivity contribution in [2.45, 2.75) is 13.5 Å². The summed E-state index contributed by atoms with van der Waals surface area (Å²) in [4.78, 5) is 28.4. The van der Waals surface area contributed by atoms with Crippen molar-refractivity contribution in [2.24, 2.45) is 0 Å². The molecule has 0 aromatic carbocycles. The third-order valence-electron chi connectivity index (χ3n) is 2.93. The Morgan fingerprint density at radius 1 is 1.43 bits per heavy atom. The Morgan fingerprint density at radius 3 is 2.71 bits per heavy atom. The van der Waals surface area contributed by atoms with Gasteiger partial charge in [-0.1, -0.05) is 11.6 Å². The lowest BCUT2D eigenvalue weighted by Crippen LogP contribution is -2.26. The van der Waals surface area contributed by atoms with Crippen LogP contribution in [0.1, 0.15) is 32.2 Å². The lowest BCUT2D eigenvalue weighted by Gasteiger charge is -2.16. The van der Waals surface area contributed by atoms with Crippen molar-refractivity contribution in [2.75, 3.05) is 7.05 Å². The summed E-state index contributed by atoms with van der Waals surface area (Å²) in [5.41, 5.74) is 0.369. The summed E-state index contributed by atoms with van der Waals surface area (Å²) < 4.78 is 5.34. The number of hydrogen-bond donors (Lipinski definition) is 1. The number of carbonyl (C=O) groups excluding carboxylic acids is 1. The summed E-state index contributed by atoms with van der Waals surface area (Å²) in [5.74, 6) is -0.690. The molecular formula is C14H13ClN2O4. The fourth-order valence-corrected chi connectivity index (χ4v) is 2.09. The van der Waals surface area contributed by atoms with Gasteiger partial charge in [0.15, 0.2) is 0 Å². The molecule has 1 N–H and O–H groups in total. The Balaban J connectivity index is 2.16. The molecule has 0 aliphatic rings. The topological polar surface area (TPSA) is 83.6 Å². The second-order valence-electron chi connectivity index (χ2n) is 4.49. The number of pyridine rings is 1. The van der Waals surface area contributed by atoms with Gasteiger partial charge in [-0.25, -0.2) is 9.78 Å². The quantitative estimate of drug-likeness (QED) is 0.878. The van der Waals surface area contributed by atoms with Gasteiger partial charge in [0.05, 0.1) is 12.1 Å². The molecule has 6 nitrogen and oxygen atoms in total. The maximum atomic E-state index is 12.2. The highest BCUT2D eigenvalue weighted by atomic mass is 35.5. The Bertz CT molecular complexity index is 696. The molecule has 0 spiro atoms. The Kier molecular flexibility index (Phi) is 4.28. The minimum atomic E-state index is -1.06. The lowest BCUT2D eigenvalue weighted by molar-refractivity contribution is 0.0694. The number of halogens is 1. The number of carbonyl (C=O) groups is 2. The zero-order valence-corrected chi connectivity index (χ0v) is 12.2. The van der Waals surface area contributed by atoms with Crippen molar-refractivity contribution < 1.29 is 19.1 Å². The molecule has 7 heteroatoms. The van der Waals surface area contributed by atoms with Crippen LogP contribution in [0.2, 0.25) is 5.15 Å². The lowest BCUT2D eigenvalue weighted by atomic mass is 10.2. The van der Waals surface area contributed by atoms with Crippen LogP contribution in [0.5, 0.6) is 0 Å². The van der Waals surface area contributed by atoms with E-state index in [2.05, 4.69) is 4.98 Å². The zero-order valence-electron chi connectivity index (χ0n) is 11.5. The molecule has 2 aromatic rings. The highest BCUT2D eigenvalue weighted by Crippen LogP contribution is 2.18. The van der Waals surface area contributed by atoms with Crippen molar-refractivity contribution in [3.8, 4) is 0 Å². The summed E-state index contributed by atoms with van der Waals surface area (Å²) in [6, 6.07) is 4.60. The Hall–Kier alpha value is -2.34. The maximum absolute atomic E-state index is 12.2. The summed E-state index contributed by atoms with van der Waals surface area (Å²) in [6.45, 7) is 1.70. The summed E-state index contributed by atoms with van der Waals surface area (Å²) in [6.07, 6.45) is 1.49. The molecule has 0 saturated carbocycles. The van der Waals surface area contributed by atoms with E-state index >= 15 is 0 Å². The predicted molar refractivity (Wildman–Crippen MR) is 75.4 cm³/mol. The smallest absolute Gasteiger partial charge is 0.339 e. The van der Waals surface area contributed by atoms with E-state index in [9.17, 15) is 9.59 Å². The summed E-state index contributed by atoms with van der Waals surface area (Å²) in [5, 5.41) is 9.09. The van der Waals surface area contributed by atoms with Crippen LogP contribution in [0.15, 0.2) is 28.8 Å². The highest BCUT2D eigenvalue weighted by molar-refractivity contribution is 6.32. The standard InChI is InChI=1S/C14H13ClN2O4/c1-8-11(14(19)20)6-9(21-8)7-17(2)13(18)10-4-3-5-16-12(10)15/h3-6H,7H2,1-2H3,(H,19,20). The van der Waals surface area contributed by atoms with Gasteiger partial charge in [-0.2, -0.15) is 0 Å². The molecule has 2 rings (SSSR count). The van der Waals surface area contributed by atoms with Crippen LogP contribution in [0, 0.1) is 6.92 Å². The van der Waals surface area contributed by atoms with Crippen LogP contribution in [0.25, 0.3) is 0 Å². The predicted octanol–water partition coefficient (Wildman–Crippen LogP) is 2.61. The largest absolute Gasteiger partial charge is 0.478 e. The number of furan rings is 1. The molecule has 0 aliphatic heterocycles. The van der Waals surface area contributed by atoms with Gasteiger partial charge in [0.1, 0.15) is 22.2 Å². The molecular weight excluding hydrogens is 296 g/mol. The third kappa shape index (κ3) is 3.22. The van der Waals surface area contributed by atoms with Gasteiger partial charge >= 0.3 is 5.97 Å². The molecule has 2 aromatic heterocycles. The van der Waals surface area contributed by atoms with Gasteiger partial charge in [-0.05, 0) is 25.1 Å². The van der Waals surface area contributed by atoms with E-state index in [1.165, 1.54) is 17.2 Å². The normalized spacial score (nSPS) is 10.4. The first-order valence-electron chi connectivity index (χ1n) is 6.08. The molecule has 0 atom stereocenters. The fourth-order valence-electron chi connectivity index (χ4n) is 1.89. The van der Waals surface area contributed by atoms with Gasteiger partial charge in [0.2, 0.25) is 0 Å². The average Bonchev–Trinajstić information content (AvgIpc) is 2.79. The van der Waals surface area contributed by atoms with Crippen molar-refractivity contribution >= 4 is 23.5 Å². The average molecular weight is 309 g/mol. The van der Waals surface area contributed by atoms with Crippen molar-refractivity contribution in [3.05, 3.63) is 52.2 Å². The minimum Gasteiger partial charge on any atom is -0.478 e. The zero-order chi connectivity index (χ0) is 15.6. The first-order chi connectivity index (χ1) is 9.90. The molecule has 0 bridgehead atoms. The molecule has 0 aliphatic carbocycles. The van der Waals surface area contributed by atoms with Crippen LogP contribution in [0.4, 0.5) is 0 Å². The van der Waals surface area contributed by atoms with Gasteiger partial charge in [0, 0.05) is 13.2 Å². The van der Waals surface area contributed by atoms with E-state index in [-0.39, 0.29) is 28.7 Å². The highest BCUT2D eigenvalue weighted by Gasteiger charge is 2.19. The molecule has 2 heterocycles. The number of carboxylic acid groups (broad SMARTS) is 1. The fraction of sp³-hybridized carbons (Fsp3) is 0.214. The number of aryl methyl sites for hydroxylation is 1. The maximum Gasteiger partial charge on any atom is 0.339 e. The SMILES string of the molecule is Cc1oc(CN(C)C(=O)c2cccnc2Cl)cc1C(=O)O. The van der Waals surface area contributed by atoms with E-state index in [0.29, 0.717) is 11.5 Å². The van der Waals surface area contributed by atoms with E-state index < -0.39 is 5.97 Å². The molecule has 0 fully saturated rings. The number of aromatic nitrogens is 1. The van der Waals surface area contributed by atoms with Crippen molar-refractivity contribution in [1.29, 1.82) is 0 Å². The van der Waals surface area contributed by atoms with Gasteiger partial charge in [-0.15, -0.1) is 0 Å². The van der Waals surface area contributed by atoms with Crippen molar-refractivity contribution in [1.82, 2.24) is 9.88 Å². The Morgan fingerprint density at radius 2 is 2.14 bits per heavy atom. The number of nitrogens with zero attached hydrogens (tertiary/aromatic N) is 2. The molecule has 21 heavy (non-hydrogen) atoms. The number of carboxylic acids is 1. The molecule has 0 unspecified atom stereocenters. The van der Waals surface area contributed by atoms with E-state index in [0.717, 1.165) is 0 Å². The van der Waals surface area contributed by atoms with Crippen LogP contribution in [0.3, 0.4) is 0 Å². The van der Waals surface area contributed by atoms with Gasteiger partial charge < -0.3 is 14.4 Å². The van der Waals surface area contributed by atoms with Crippen LogP contribution in [-0.2, 0) is 6.54 Å². The summed E-state index contributed by atoms with van der Waals surface area (Å²) >= 11 is 5.88. The first kappa shape index (κ1) is 15.1. The summed E-state index contributed by atoms with van der Waals surface area (Å²) in [7, 11) is 1.57. The molecule has 110 valence electrons. The minimum absolute atomic E-state index is 0.0882. The molecule has 0 radical (unpaired) electrons. The third-order valence-corrected chi connectivity index (χ3v) is 3.23. The number of hydrogen-bond acceptors (Lipinski definition) is 4. The number of aromatic carboxylic acids is 1. The van der Waals surface area contributed by atoms with Crippen LogP contribution < -0.4 is 0 Å². The molecule has 1 amide bonds. The van der Waals surface area contributed by atoms with Crippen molar-refractivity contribution in [3.63, 3.8) is 0 Å². The first-order valence-corrected chi connectivity index (χ1v) is 6.46. The Labute approximate surface area is 126 Å². The second kappa shape index (κ2) is 5.97.